The van der Waals surface area contributed by atoms with Crippen molar-refractivity contribution in [1.29, 1.82) is 0 Å². The zero-order valence-corrected chi connectivity index (χ0v) is 30.1. The van der Waals surface area contributed by atoms with Gasteiger partial charge < -0.3 is 15.8 Å². The fraction of sp³-hybridized carbons (Fsp3) is 0.436. The molecule has 1 aliphatic rings. The number of aromatic nitrogens is 2. The average molecular weight is 688 g/mol. The number of amidine groups is 2. The van der Waals surface area contributed by atoms with Crippen LogP contribution in [-0.4, -0.2) is 51.3 Å². The van der Waals surface area contributed by atoms with E-state index in [1.807, 2.05) is 48.2 Å². The molecule has 1 atom stereocenters. The van der Waals surface area contributed by atoms with Crippen LogP contribution >= 0.6 is 11.8 Å². The predicted octanol–water partition coefficient (Wildman–Crippen LogP) is 8.26. The number of carbonyl (C=O) groups is 1. The number of aromatic amines is 1. The second kappa shape index (κ2) is 14.4. The third kappa shape index (κ3) is 7.90. The maximum absolute atomic E-state index is 15.8. The van der Waals surface area contributed by atoms with Gasteiger partial charge in [-0.3, -0.25) is 14.8 Å². The van der Waals surface area contributed by atoms with Crippen molar-refractivity contribution in [2.45, 2.75) is 78.6 Å². The molecule has 7 nitrogen and oxygen atoms in total. The molecule has 2 aromatic heterocycles. The van der Waals surface area contributed by atoms with Crippen molar-refractivity contribution in [2.75, 3.05) is 18.6 Å². The van der Waals surface area contributed by atoms with Crippen LogP contribution in [0.3, 0.4) is 0 Å². The summed E-state index contributed by atoms with van der Waals surface area (Å²) in [6.07, 6.45) is 6.97. The molecular weight excluding hydrogens is 641 g/mol. The van der Waals surface area contributed by atoms with Crippen LogP contribution < -0.4 is 5.73 Å². The second-order valence-corrected chi connectivity index (χ2v) is 15.9. The van der Waals surface area contributed by atoms with Gasteiger partial charge in [-0.25, -0.2) is 13.8 Å². The molecule has 2 aromatic carbocycles. The van der Waals surface area contributed by atoms with Gasteiger partial charge in [0, 0.05) is 36.7 Å². The van der Waals surface area contributed by atoms with E-state index in [1.165, 1.54) is 0 Å². The maximum atomic E-state index is 15.8. The minimum atomic E-state index is -0.930. The molecule has 49 heavy (non-hydrogen) atoms. The Bertz CT molecular complexity index is 1910. The van der Waals surface area contributed by atoms with Gasteiger partial charge in [0.05, 0.1) is 10.9 Å². The topological polar surface area (TPSA) is 117 Å². The normalized spacial score (nSPS) is 20.3. The van der Waals surface area contributed by atoms with Gasteiger partial charge in [-0.05, 0) is 109 Å². The summed E-state index contributed by atoms with van der Waals surface area (Å²) < 4.78 is 31.0. The Labute approximate surface area is 291 Å². The molecule has 4 aromatic rings. The van der Waals surface area contributed by atoms with Crippen molar-refractivity contribution >= 4 is 40.3 Å². The molecule has 2 bridgehead atoms. The monoisotopic (exact) mass is 687 g/mol. The summed E-state index contributed by atoms with van der Waals surface area (Å²) in [6, 6.07) is 13.4. The van der Waals surface area contributed by atoms with Gasteiger partial charge in [-0.1, -0.05) is 44.5 Å². The van der Waals surface area contributed by atoms with E-state index in [9.17, 15) is 9.90 Å². The van der Waals surface area contributed by atoms with E-state index in [0.717, 1.165) is 53.0 Å². The molecule has 0 aliphatic carbocycles. The minimum absolute atomic E-state index is 0.00790. The third-order valence-corrected chi connectivity index (χ3v) is 11.3. The number of pyridine rings is 1. The molecule has 3 heterocycles. The van der Waals surface area contributed by atoms with Gasteiger partial charge in [0.25, 0.3) is 0 Å². The highest BCUT2D eigenvalue weighted by Gasteiger charge is 2.34. The van der Waals surface area contributed by atoms with Crippen LogP contribution in [0.2, 0.25) is 0 Å². The number of rotatable bonds is 4. The van der Waals surface area contributed by atoms with Crippen molar-refractivity contribution in [3.8, 4) is 0 Å². The Kier molecular flexibility index (Phi) is 10.7. The van der Waals surface area contributed by atoms with E-state index in [-0.39, 0.29) is 17.4 Å². The molecule has 0 fully saturated rings. The van der Waals surface area contributed by atoms with Crippen molar-refractivity contribution in [1.82, 2.24) is 9.97 Å². The summed E-state index contributed by atoms with van der Waals surface area (Å²) in [4.78, 5) is 28.7. The first kappa shape index (κ1) is 36.2. The molecule has 0 amide bonds. The summed E-state index contributed by atoms with van der Waals surface area (Å²) >= 11 is 1.83. The van der Waals surface area contributed by atoms with Gasteiger partial charge in [0.1, 0.15) is 11.5 Å². The summed E-state index contributed by atoms with van der Waals surface area (Å²) in [5.74, 6) is -0.174. The number of carboxylic acids is 1. The number of nitrogens with zero attached hydrogens (tertiary/aromatic N) is 3. The number of hydrogen-bond donors (Lipinski definition) is 3. The molecule has 10 heteroatoms. The van der Waals surface area contributed by atoms with Crippen LogP contribution in [0.5, 0.6) is 0 Å². The smallest absolute Gasteiger partial charge is 0.309 e. The first-order valence-electron chi connectivity index (χ1n) is 16.8. The quantitative estimate of drug-likeness (QED) is 0.200. The zero-order valence-electron chi connectivity index (χ0n) is 29.3. The number of halogens is 2. The first-order chi connectivity index (χ1) is 23.1. The Morgan fingerprint density at radius 3 is 2.61 bits per heavy atom. The van der Waals surface area contributed by atoms with Crippen molar-refractivity contribution in [2.24, 2.45) is 26.5 Å². The number of aliphatic imine (C=N–C) groups is 2. The molecule has 1 aliphatic heterocycles. The van der Waals surface area contributed by atoms with Crippen molar-refractivity contribution in [3.63, 3.8) is 0 Å². The van der Waals surface area contributed by atoms with Gasteiger partial charge >= 0.3 is 5.97 Å². The number of hydrogen-bond acceptors (Lipinski definition) is 5. The van der Waals surface area contributed by atoms with E-state index in [0.29, 0.717) is 41.2 Å². The van der Waals surface area contributed by atoms with Crippen LogP contribution in [0.1, 0.15) is 87.4 Å². The fourth-order valence-electron chi connectivity index (χ4n) is 6.73. The van der Waals surface area contributed by atoms with Crippen LogP contribution in [0, 0.1) is 22.5 Å². The highest BCUT2D eigenvalue weighted by molar-refractivity contribution is 7.99. The van der Waals surface area contributed by atoms with Crippen molar-refractivity contribution < 1.29 is 18.7 Å². The largest absolute Gasteiger partial charge is 0.481 e. The Morgan fingerprint density at radius 2 is 1.88 bits per heavy atom. The van der Waals surface area contributed by atoms with Crippen LogP contribution in [0.25, 0.3) is 10.9 Å². The Hall–Kier alpha value is -4.05. The van der Waals surface area contributed by atoms with Crippen LogP contribution in [-0.2, 0) is 29.5 Å². The second-order valence-electron chi connectivity index (χ2n) is 14.8. The summed E-state index contributed by atoms with van der Waals surface area (Å²) in [6.45, 7) is 10.1. The van der Waals surface area contributed by atoms with E-state index in [2.05, 4.69) is 35.7 Å². The third-order valence-electron chi connectivity index (χ3n) is 9.86. The molecule has 0 radical (unpaired) electrons. The predicted molar refractivity (Wildman–Crippen MR) is 197 cm³/mol. The molecule has 0 saturated carbocycles. The van der Waals surface area contributed by atoms with E-state index >= 15 is 8.78 Å². The van der Waals surface area contributed by atoms with Crippen LogP contribution in [0.4, 0.5) is 8.78 Å². The van der Waals surface area contributed by atoms with E-state index in [1.54, 1.807) is 39.4 Å². The van der Waals surface area contributed by atoms with Gasteiger partial charge in [-0.2, -0.15) is 11.8 Å². The summed E-state index contributed by atoms with van der Waals surface area (Å²) in [5, 5.41) is 10.5. The highest BCUT2D eigenvalue weighted by Crippen LogP contribution is 2.37. The molecule has 0 spiro atoms. The van der Waals surface area contributed by atoms with Gasteiger partial charge in [-0.15, -0.1) is 0 Å². The lowest BCUT2D eigenvalue weighted by atomic mass is 9.74. The number of fused-ring (bicyclic) bond motifs is 5. The lowest BCUT2D eigenvalue weighted by Gasteiger charge is -2.33. The lowest BCUT2D eigenvalue weighted by Crippen LogP contribution is -2.40. The molecule has 4 N–H and O–H groups in total. The highest BCUT2D eigenvalue weighted by atomic mass is 32.2. The number of nitrogens with one attached hydrogen (secondary N) is 1. The van der Waals surface area contributed by atoms with E-state index in [4.69, 9.17) is 10.7 Å². The standard InChI is InChI=1S/C39H47F2N5O2S/c1-37(2)14-8-15-39(5,26-10-7-9-25(19-26)22-38(3,4)36(47)48)35(42)46-34(43-6)30-21-24(11-16-44-30)20-29-27(13-18-49-23-37)28-12-17-45-33(28)32(41)31(29)40/h7,9-12,16-17,19,21,45H,8,13-15,18,20,22-23H2,1-6H3,(H,47,48)(H2,42,43,46)/t39-/m1/s1. The first-order valence-corrected chi connectivity index (χ1v) is 17.9. The minimum Gasteiger partial charge on any atom is -0.481 e. The molecular formula is C39H47F2N5O2S. The van der Waals surface area contributed by atoms with Crippen LogP contribution in [0.15, 0.2) is 64.8 Å². The Morgan fingerprint density at radius 1 is 1.10 bits per heavy atom. The van der Waals surface area contributed by atoms with Crippen molar-refractivity contribution in [3.05, 3.63) is 100 Å². The van der Waals surface area contributed by atoms with E-state index < -0.39 is 28.4 Å². The zero-order chi connectivity index (χ0) is 35.6. The number of aryl methyl sites for hydroxylation is 1. The number of benzene rings is 2. The molecule has 0 saturated heterocycles. The number of H-pyrrole nitrogens is 1. The number of carboxylic acid groups (broad SMARTS) is 1. The SMILES string of the molecule is CN=C1N=C(N)[C@@](C)(c2cccc(CC(C)(C)C(=O)O)c2)CCCC(C)(C)CSCCc2c(c(F)c(F)c3[nH]ccc23)Cc2ccnc1c2. The summed E-state index contributed by atoms with van der Waals surface area (Å²) in [7, 11) is 1.63. The molecule has 0 unspecified atom stereocenters. The fourth-order valence-corrected chi connectivity index (χ4v) is 7.92. The average Bonchev–Trinajstić information content (AvgIpc) is 3.55. The van der Waals surface area contributed by atoms with Gasteiger partial charge in [0.2, 0.25) is 0 Å². The van der Waals surface area contributed by atoms with Gasteiger partial charge in [0.15, 0.2) is 17.5 Å². The lowest BCUT2D eigenvalue weighted by molar-refractivity contribution is -0.146. The number of aliphatic carboxylic acids is 1. The summed E-state index contributed by atoms with van der Waals surface area (Å²) in [5.41, 5.74) is 9.80. The molecule has 5 rings (SSSR count). The Balaban J connectivity index is 1.60. The molecule has 260 valence electrons. The number of thioether (sulfide) groups is 1. The number of nitrogens with two attached hydrogens (primary N) is 1. The maximum Gasteiger partial charge on any atom is 0.309 e.